The first-order valence-corrected chi connectivity index (χ1v) is 6.72. The van der Waals surface area contributed by atoms with Gasteiger partial charge in [-0.1, -0.05) is 41.1 Å². The molecule has 4 rings (SSSR count). The molecule has 0 aliphatic rings. The summed E-state index contributed by atoms with van der Waals surface area (Å²) in [5, 5.41) is 4.90. The van der Waals surface area contributed by atoms with E-state index in [9.17, 15) is 0 Å². The molecule has 0 spiro atoms. The van der Waals surface area contributed by atoms with Crippen molar-refractivity contribution in [2.24, 2.45) is 0 Å². The molecule has 0 amide bonds. The van der Waals surface area contributed by atoms with Crippen LogP contribution in [0.1, 0.15) is 0 Å². The third-order valence-electron chi connectivity index (χ3n) is 3.62. The van der Waals surface area contributed by atoms with Gasteiger partial charge in [-0.15, -0.1) is 23.6 Å². The Hall–Kier alpha value is -1.50. The number of hydrogen-bond acceptors (Lipinski definition) is 0. The molecule has 0 fully saturated rings. The maximum absolute atomic E-state index is 3.50. The molecule has 0 saturated carbocycles. The van der Waals surface area contributed by atoms with E-state index in [0.717, 1.165) is 16.5 Å². The van der Waals surface area contributed by atoms with Gasteiger partial charge in [0.25, 0.3) is 0 Å². The van der Waals surface area contributed by atoms with E-state index in [4.69, 9.17) is 0 Å². The molecule has 1 heteroatoms. The normalized spacial score (nSPS) is 10.5. The van der Waals surface area contributed by atoms with Crippen molar-refractivity contribution in [3.8, 4) is 11.1 Å². The summed E-state index contributed by atoms with van der Waals surface area (Å²) < 4.78 is 0. The van der Waals surface area contributed by atoms with Crippen LogP contribution in [0.2, 0.25) is 0 Å². The van der Waals surface area contributed by atoms with E-state index >= 15 is 0 Å². The van der Waals surface area contributed by atoms with Crippen LogP contribution in [-0.4, -0.2) is 0 Å². The minimum atomic E-state index is 0. The van der Waals surface area contributed by atoms with Gasteiger partial charge in [0, 0.05) is 32.7 Å². The second-order valence-electron chi connectivity index (χ2n) is 4.93. The number of fused-ring (bicyclic) bond motifs is 2. The van der Waals surface area contributed by atoms with Gasteiger partial charge in [-0.05, 0) is 5.39 Å². The summed E-state index contributed by atoms with van der Waals surface area (Å²) >= 11 is 0. The zero-order chi connectivity index (χ0) is 13.4. The Morgan fingerprint density at radius 1 is 0.619 bits per heavy atom. The molecule has 0 aliphatic heterocycles. The second kappa shape index (κ2) is 6.09. The van der Waals surface area contributed by atoms with Crippen molar-refractivity contribution in [1.82, 2.24) is 0 Å². The molecular weight excluding hydrogens is 329 g/mol. The van der Waals surface area contributed by atoms with E-state index in [1.165, 1.54) is 16.2 Å². The van der Waals surface area contributed by atoms with Crippen LogP contribution in [0.4, 0.5) is 0 Å². The fourth-order valence-electron chi connectivity index (χ4n) is 2.58. The molecule has 0 nitrogen and oxygen atoms in total. The van der Waals surface area contributed by atoms with Crippen molar-refractivity contribution in [2.45, 2.75) is 0 Å². The maximum Gasteiger partial charge on any atom is 0 e. The summed E-state index contributed by atoms with van der Waals surface area (Å²) in [5.41, 5.74) is 2.18. The smallest absolute Gasteiger partial charge is 0 e. The second-order valence-corrected chi connectivity index (χ2v) is 4.93. The zero-order valence-electron chi connectivity index (χ0n) is 11.5. The van der Waals surface area contributed by atoms with Gasteiger partial charge < -0.3 is 0 Å². The van der Waals surface area contributed by atoms with Gasteiger partial charge in [0.1, 0.15) is 0 Å². The quantitative estimate of drug-likeness (QED) is 0.327. The van der Waals surface area contributed by atoms with Crippen molar-refractivity contribution in [3.63, 3.8) is 0 Å². The molecule has 0 unspecified atom stereocenters. The maximum atomic E-state index is 3.50. The van der Waals surface area contributed by atoms with Crippen molar-refractivity contribution in [2.75, 3.05) is 0 Å². The third-order valence-corrected chi connectivity index (χ3v) is 3.62. The summed E-state index contributed by atoms with van der Waals surface area (Å²) in [7, 11) is 0. The molecular formula is C20H12Y-2. The van der Waals surface area contributed by atoms with Gasteiger partial charge in [-0.25, -0.2) is 5.56 Å². The minimum Gasteiger partial charge on any atom is -0.209 e. The van der Waals surface area contributed by atoms with E-state index in [1.54, 1.807) is 0 Å². The third kappa shape index (κ3) is 2.79. The van der Waals surface area contributed by atoms with Crippen molar-refractivity contribution in [1.29, 1.82) is 0 Å². The van der Waals surface area contributed by atoms with Crippen LogP contribution < -0.4 is 0 Å². The molecule has 4 aromatic carbocycles. The first kappa shape index (κ1) is 14.4. The van der Waals surface area contributed by atoms with Crippen LogP contribution in [0.3, 0.4) is 0 Å². The first-order valence-electron chi connectivity index (χ1n) is 6.72. The molecule has 0 aliphatic carbocycles. The Labute approximate surface area is 149 Å². The van der Waals surface area contributed by atoms with Crippen LogP contribution in [0.5, 0.6) is 0 Å². The Morgan fingerprint density at radius 3 is 2.14 bits per heavy atom. The van der Waals surface area contributed by atoms with Gasteiger partial charge in [0.2, 0.25) is 0 Å². The zero-order valence-corrected chi connectivity index (χ0v) is 14.3. The molecule has 0 atom stereocenters. The van der Waals surface area contributed by atoms with Crippen LogP contribution in [0.25, 0.3) is 32.7 Å². The van der Waals surface area contributed by atoms with Gasteiger partial charge in [-0.2, -0.15) is 42.0 Å². The molecule has 0 heterocycles. The summed E-state index contributed by atoms with van der Waals surface area (Å²) in [6, 6.07) is 31.9. The predicted molar refractivity (Wildman–Crippen MR) is 84.6 cm³/mol. The molecule has 0 bridgehead atoms. The average molecular weight is 341 g/mol. The Bertz CT molecular complexity index is 895. The minimum absolute atomic E-state index is 0. The van der Waals surface area contributed by atoms with Crippen LogP contribution in [-0.2, 0) is 32.7 Å². The van der Waals surface area contributed by atoms with E-state index in [-0.39, 0.29) is 32.7 Å². The van der Waals surface area contributed by atoms with E-state index in [1.807, 2.05) is 18.2 Å². The molecule has 0 saturated heterocycles. The van der Waals surface area contributed by atoms with E-state index < -0.39 is 0 Å². The van der Waals surface area contributed by atoms with Crippen LogP contribution >= 0.6 is 0 Å². The molecule has 0 aromatic heterocycles. The summed E-state index contributed by atoms with van der Waals surface area (Å²) in [6.45, 7) is 0. The summed E-state index contributed by atoms with van der Waals surface area (Å²) in [4.78, 5) is 0. The van der Waals surface area contributed by atoms with E-state index in [2.05, 4.69) is 66.7 Å². The number of benzene rings is 4. The summed E-state index contributed by atoms with van der Waals surface area (Å²) in [5.74, 6) is 0. The topological polar surface area (TPSA) is 0 Å². The number of hydrogen-bond donors (Lipinski definition) is 0. The Balaban J connectivity index is 0.00000132. The van der Waals surface area contributed by atoms with Crippen LogP contribution in [0.15, 0.2) is 72.8 Å². The molecule has 0 N–H and O–H groups in total. The van der Waals surface area contributed by atoms with Gasteiger partial charge in [0.15, 0.2) is 0 Å². The van der Waals surface area contributed by atoms with Gasteiger partial charge in [0.05, 0.1) is 0 Å². The largest absolute Gasteiger partial charge is 0.209 e. The predicted octanol–water partition coefficient (Wildman–Crippen LogP) is 5.26. The average Bonchev–Trinajstić information content (AvgIpc) is 2.53. The molecule has 97 valence electrons. The molecule has 4 aromatic rings. The summed E-state index contributed by atoms with van der Waals surface area (Å²) in [6.07, 6.45) is 0. The SMILES string of the molecule is [Y].[c-]1ccccc1-c1[c-]c2cc3ccccc3cc2cc1. The first-order chi connectivity index (χ1) is 9.90. The Morgan fingerprint density at radius 2 is 1.38 bits per heavy atom. The van der Waals surface area contributed by atoms with E-state index in [0.29, 0.717) is 0 Å². The monoisotopic (exact) mass is 341 g/mol. The van der Waals surface area contributed by atoms with Crippen molar-refractivity contribution in [3.05, 3.63) is 84.9 Å². The van der Waals surface area contributed by atoms with Crippen molar-refractivity contribution < 1.29 is 32.7 Å². The van der Waals surface area contributed by atoms with Crippen LogP contribution in [0, 0.1) is 12.1 Å². The Kier molecular flexibility index (Phi) is 4.19. The van der Waals surface area contributed by atoms with Gasteiger partial charge in [-0.3, -0.25) is 0 Å². The molecule has 21 heavy (non-hydrogen) atoms. The fourth-order valence-corrected chi connectivity index (χ4v) is 2.58. The van der Waals surface area contributed by atoms with Crippen molar-refractivity contribution >= 4 is 21.5 Å². The molecule has 1 radical (unpaired) electrons. The fraction of sp³-hybridized carbons (Fsp3) is 0. The van der Waals surface area contributed by atoms with Gasteiger partial charge >= 0.3 is 0 Å². The number of rotatable bonds is 1. The standard InChI is InChI=1S/C20H12.Y/c1-2-6-15(7-3-1)18-10-11-19-12-16-8-4-5-9-17(16)13-20(19)14-18;/h1-6,8-13H;/q-2;.